The molecule has 4 nitrogen and oxygen atoms in total. The van der Waals surface area contributed by atoms with Gasteiger partial charge in [0.15, 0.2) is 0 Å². The SMILES string of the molecule is O=C1C[C@@H](Nc2ccc(Cl)cc2)C(=O)N1c1ccccc1. The van der Waals surface area contributed by atoms with Gasteiger partial charge in [0.2, 0.25) is 5.91 Å². The molecule has 1 fully saturated rings. The van der Waals surface area contributed by atoms with Crippen LogP contribution in [0.25, 0.3) is 0 Å². The Labute approximate surface area is 127 Å². The van der Waals surface area contributed by atoms with Crippen LogP contribution in [0.4, 0.5) is 11.4 Å². The predicted octanol–water partition coefficient (Wildman–Crippen LogP) is 3.08. The van der Waals surface area contributed by atoms with Gasteiger partial charge in [-0.05, 0) is 36.4 Å². The molecule has 1 aliphatic heterocycles. The molecule has 1 heterocycles. The number of hydrogen-bond donors (Lipinski definition) is 1. The van der Waals surface area contributed by atoms with Gasteiger partial charge >= 0.3 is 0 Å². The molecule has 5 heteroatoms. The number of rotatable bonds is 3. The summed E-state index contributed by atoms with van der Waals surface area (Å²) < 4.78 is 0. The van der Waals surface area contributed by atoms with E-state index in [2.05, 4.69) is 5.32 Å². The molecule has 2 amide bonds. The minimum Gasteiger partial charge on any atom is -0.373 e. The van der Waals surface area contributed by atoms with Crippen LogP contribution in [-0.4, -0.2) is 17.9 Å². The van der Waals surface area contributed by atoms with Crippen LogP contribution in [0.5, 0.6) is 0 Å². The lowest BCUT2D eigenvalue weighted by Crippen LogP contribution is -2.34. The first-order chi connectivity index (χ1) is 10.1. The van der Waals surface area contributed by atoms with Crippen LogP contribution in [0.3, 0.4) is 0 Å². The van der Waals surface area contributed by atoms with Crippen LogP contribution in [-0.2, 0) is 9.59 Å². The van der Waals surface area contributed by atoms with Crippen molar-refractivity contribution in [1.29, 1.82) is 0 Å². The molecule has 1 atom stereocenters. The molecule has 3 rings (SSSR count). The summed E-state index contributed by atoms with van der Waals surface area (Å²) in [6, 6.07) is 15.4. The van der Waals surface area contributed by atoms with Crippen molar-refractivity contribution in [3.05, 3.63) is 59.6 Å². The molecule has 0 spiro atoms. The zero-order chi connectivity index (χ0) is 14.8. The zero-order valence-electron chi connectivity index (χ0n) is 11.1. The van der Waals surface area contributed by atoms with Crippen molar-refractivity contribution >= 4 is 34.8 Å². The van der Waals surface area contributed by atoms with Gasteiger partial charge in [-0.2, -0.15) is 0 Å². The standard InChI is InChI=1S/C16H13ClN2O2/c17-11-6-8-12(9-7-11)18-14-10-15(20)19(16(14)21)13-4-2-1-3-5-13/h1-9,14,18H,10H2/t14-/m1/s1. The first kappa shape index (κ1) is 13.6. The monoisotopic (exact) mass is 300 g/mol. The topological polar surface area (TPSA) is 49.4 Å². The maximum Gasteiger partial charge on any atom is 0.256 e. The van der Waals surface area contributed by atoms with Gasteiger partial charge < -0.3 is 5.32 Å². The normalized spacial score (nSPS) is 18.1. The lowest BCUT2D eigenvalue weighted by atomic mass is 10.2. The quantitative estimate of drug-likeness (QED) is 0.886. The van der Waals surface area contributed by atoms with Crippen molar-refractivity contribution in [3.63, 3.8) is 0 Å². The number of nitrogens with one attached hydrogen (secondary N) is 1. The fourth-order valence-corrected chi connectivity index (χ4v) is 2.47. The summed E-state index contributed by atoms with van der Waals surface area (Å²) in [5.74, 6) is -0.432. The Morgan fingerprint density at radius 3 is 2.33 bits per heavy atom. The minimum absolute atomic E-state index is 0.149. The van der Waals surface area contributed by atoms with E-state index in [0.29, 0.717) is 10.7 Å². The highest BCUT2D eigenvalue weighted by Gasteiger charge is 2.39. The second kappa shape index (κ2) is 5.58. The van der Waals surface area contributed by atoms with E-state index in [1.54, 1.807) is 48.5 Å². The molecular weight excluding hydrogens is 288 g/mol. The largest absolute Gasteiger partial charge is 0.373 e. The van der Waals surface area contributed by atoms with E-state index in [1.165, 1.54) is 4.90 Å². The second-order valence-corrected chi connectivity index (χ2v) is 5.25. The average Bonchev–Trinajstić information content (AvgIpc) is 2.77. The number of benzene rings is 2. The minimum atomic E-state index is -0.543. The Hall–Kier alpha value is -2.33. The molecule has 2 aromatic carbocycles. The summed E-state index contributed by atoms with van der Waals surface area (Å²) in [7, 11) is 0. The molecule has 0 unspecified atom stereocenters. The van der Waals surface area contributed by atoms with E-state index in [-0.39, 0.29) is 18.2 Å². The Kier molecular flexibility index (Phi) is 3.62. The Morgan fingerprint density at radius 2 is 1.67 bits per heavy atom. The van der Waals surface area contributed by atoms with Gasteiger partial charge in [0.1, 0.15) is 6.04 Å². The molecule has 21 heavy (non-hydrogen) atoms. The summed E-state index contributed by atoms with van der Waals surface area (Å²) >= 11 is 5.83. The van der Waals surface area contributed by atoms with E-state index in [1.807, 2.05) is 6.07 Å². The second-order valence-electron chi connectivity index (χ2n) is 4.81. The maximum absolute atomic E-state index is 12.4. The van der Waals surface area contributed by atoms with Gasteiger partial charge in [0, 0.05) is 10.7 Å². The van der Waals surface area contributed by atoms with Gasteiger partial charge in [0.25, 0.3) is 5.91 Å². The van der Waals surface area contributed by atoms with Gasteiger partial charge in [-0.3, -0.25) is 9.59 Å². The summed E-state index contributed by atoms with van der Waals surface area (Å²) in [6.45, 7) is 0. The van der Waals surface area contributed by atoms with Gasteiger partial charge in [-0.25, -0.2) is 4.90 Å². The lowest BCUT2D eigenvalue weighted by molar-refractivity contribution is -0.121. The zero-order valence-corrected chi connectivity index (χ0v) is 11.9. The molecule has 0 radical (unpaired) electrons. The highest BCUT2D eigenvalue weighted by atomic mass is 35.5. The summed E-state index contributed by atoms with van der Waals surface area (Å²) in [5.41, 5.74) is 1.37. The number of carbonyl (C=O) groups is 2. The van der Waals surface area contributed by atoms with Crippen molar-refractivity contribution in [1.82, 2.24) is 0 Å². The summed E-state index contributed by atoms with van der Waals surface area (Å²) in [4.78, 5) is 25.7. The smallest absolute Gasteiger partial charge is 0.256 e. The fraction of sp³-hybridized carbons (Fsp3) is 0.125. The van der Waals surface area contributed by atoms with Crippen molar-refractivity contribution in [2.24, 2.45) is 0 Å². The predicted molar refractivity (Wildman–Crippen MR) is 82.4 cm³/mol. The third-order valence-electron chi connectivity index (χ3n) is 3.35. The van der Waals surface area contributed by atoms with Gasteiger partial charge in [-0.1, -0.05) is 29.8 Å². The molecule has 1 N–H and O–H groups in total. The lowest BCUT2D eigenvalue weighted by Gasteiger charge is -2.16. The van der Waals surface area contributed by atoms with Crippen LogP contribution in [0.2, 0.25) is 5.02 Å². The summed E-state index contributed by atoms with van der Waals surface area (Å²) in [5, 5.41) is 3.70. The molecule has 0 bridgehead atoms. The van der Waals surface area contributed by atoms with Crippen molar-refractivity contribution in [3.8, 4) is 0 Å². The summed E-state index contributed by atoms with van der Waals surface area (Å²) in [6.07, 6.45) is 0.149. The first-order valence-electron chi connectivity index (χ1n) is 6.59. The van der Waals surface area contributed by atoms with Crippen molar-refractivity contribution < 1.29 is 9.59 Å². The van der Waals surface area contributed by atoms with Crippen LogP contribution < -0.4 is 10.2 Å². The third-order valence-corrected chi connectivity index (χ3v) is 3.60. The molecule has 106 valence electrons. The molecule has 1 aliphatic rings. The van der Waals surface area contributed by atoms with Crippen molar-refractivity contribution in [2.45, 2.75) is 12.5 Å². The molecule has 2 aromatic rings. The fourth-order valence-electron chi connectivity index (χ4n) is 2.34. The number of para-hydroxylation sites is 1. The van der Waals surface area contributed by atoms with Crippen molar-refractivity contribution in [2.75, 3.05) is 10.2 Å². The average molecular weight is 301 g/mol. The Balaban J connectivity index is 1.79. The number of nitrogens with zero attached hydrogens (tertiary/aromatic N) is 1. The van der Waals surface area contributed by atoms with Crippen LogP contribution in [0.1, 0.15) is 6.42 Å². The Bertz CT molecular complexity index is 670. The Morgan fingerprint density at radius 1 is 1.00 bits per heavy atom. The molecular formula is C16H13ClN2O2. The number of hydrogen-bond acceptors (Lipinski definition) is 3. The first-order valence-corrected chi connectivity index (χ1v) is 6.97. The highest BCUT2D eigenvalue weighted by molar-refractivity contribution is 6.30. The van der Waals surface area contributed by atoms with E-state index in [9.17, 15) is 9.59 Å². The van der Waals surface area contributed by atoms with Gasteiger partial charge in [0.05, 0.1) is 12.1 Å². The number of anilines is 2. The number of imide groups is 1. The van der Waals surface area contributed by atoms with Crippen LogP contribution in [0.15, 0.2) is 54.6 Å². The maximum atomic E-state index is 12.4. The van der Waals surface area contributed by atoms with E-state index < -0.39 is 6.04 Å². The van der Waals surface area contributed by atoms with Crippen LogP contribution in [0, 0.1) is 0 Å². The third kappa shape index (κ3) is 2.76. The number of carbonyl (C=O) groups excluding carboxylic acids is 2. The highest BCUT2D eigenvalue weighted by Crippen LogP contribution is 2.25. The number of amides is 2. The number of halogens is 1. The van der Waals surface area contributed by atoms with Crippen LogP contribution >= 0.6 is 11.6 Å². The molecule has 0 saturated carbocycles. The van der Waals surface area contributed by atoms with Gasteiger partial charge in [-0.15, -0.1) is 0 Å². The molecule has 1 saturated heterocycles. The molecule has 0 aromatic heterocycles. The molecule has 0 aliphatic carbocycles. The van der Waals surface area contributed by atoms with E-state index in [0.717, 1.165) is 5.69 Å². The van der Waals surface area contributed by atoms with E-state index >= 15 is 0 Å². The van der Waals surface area contributed by atoms with E-state index in [4.69, 9.17) is 11.6 Å².